The average Bonchev–Trinajstić information content (AvgIpc) is 2.36. The molecule has 0 aromatic heterocycles. The second-order valence-corrected chi connectivity index (χ2v) is 4.16. The topological polar surface area (TPSA) is 61.7 Å². The Kier molecular flexibility index (Phi) is 5.97. The summed E-state index contributed by atoms with van der Waals surface area (Å²) in [6.45, 7) is 2.22. The fourth-order valence-corrected chi connectivity index (χ4v) is 1.68. The molecule has 1 aromatic carbocycles. The van der Waals surface area contributed by atoms with Crippen LogP contribution >= 0.6 is 0 Å². The van der Waals surface area contributed by atoms with E-state index in [9.17, 15) is 5.11 Å². The summed E-state index contributed by atoms with van der Waals surface area (Å²) in [7, 11) is 1.66. The Hall–Kier alpha value is -1.10. The van der Waals surface area contributed by atoms with Crippen molar-refractivity contribution in [2.45, 2.75) is 25.5 Å². The number of methoxy groups -OCH3 is 1. The first-order chi connectivity index (χ1) is 8.17. The van der Waals surface area contributed by atoms with Crippen LogP contribution in [0.25, 0.3) is 0 Å². The van der Waals surface area contributed by atoms with Gasteiger partial charge in [-0.25, -0.2) is 0 Å². The van der Waals surface area contributed by atoms with E-state index in [0.29, 0.717) is 6.54 Å². The van der Waals surface area contributed by atoms with Gasteiger partial charge in [-0.1, -0.05) is 18.2 Å². The minimum absolute atomic E-state index is 0.214. The molecule has 0 aliphatic carbocycles. The zero-order chi connectivity index (χ0) is 12.7. The molecule has 0 saturated carbocycles. The van der Waals surface area contributed by atoms with Gasteiger partial charge in [0.2, 0.25) is 0 Å². The molecule has 96 valence electrons. The molecule has 3 N–H and O–H groups in total. The highest BCUT2D eigenvalue weighted by Crippen LogP contribution is 2.18. The van der Waals surface area contributed by atoms with Crippen molar-refractivity contribution in [2.75, 3.05) is 20.3 Å². The van der Waals surface area contributed by atoms with Gasteiger partial charge in [0, 0.05) is 12.6 Å². The van der Waals surface area contributed by atoms with Gasteiger partial charge in [0.25, 0.3) is 0 Å². The van der Waals surface area contributed by atoms with Crippen molar-refractivity contribution in [3.8, 4) is 5.75 Å². The van der Waals surface area contributed by atoms with Gasteiger partial charge in [0.1, 0.15) is 5.75 Å². The zero-order valence-corrected chi connectivity index (χ0v) is 10.4. The molecular weight excluding hydrogens is 218 g/mol. The Bertz CT molecular complexity index is 330. The van der Waals surface area contributed by atoms with Crippen LogP contribution in [0.5, 0.6) is 5.75 Å². The summed E-state index contributed by atoms with van der Waals surface area (Å²) in [5, 5.41) is 21.1. The fourth-order valence-electron chi connectivity index (χ4n) is 1.68. The SMILES string of the molecule is COc1ccccc1CC(C)NCC(O)CO. The molecule has 4 heteroatoms. The molecule has 0 fully saturated rings. The highest BCUT2D eigenvalue weighted by atomic mass is 16.5. The van der Waals surface area contributed by atoms with Gasteiger partial charge in [0.15, 0.2) is 0 Å². The Labute approximate surface area is 102 Å². The summed E-state index contributed by atoms with van der Waals surface area (Å²) >= 11 is 0. The van der Waals surface area contributed by atoms with E-state index in [4.69, 9.17) is 9.84 Å². The summed E-state index contributed by atoms with van der Waals surface area (Å²) in [5.41, 5.74) is 1.13. The molecule has 2 unspecified atom stereocenters. The van der Waals surface area contributed by atoms with Crippen molar-refractivity contribution in [1.82, 2.24) is 5.32 Å². The van der Waals surface area contributed by atoms with Crippen LogP contribution in [0.1, 0.15) is 12.5 Å². The number of nitrogens with one attached hydrogen (secondary N) is 1. The van der Waals surface area contributed by atoms with Gasteiger partial charge in [0.05, 0.1) is 19.8 Å². The Morgan fingerprint density at radius 2 is 2.06 bits per heavy atom. The molecule has 1 aromatic rings. The fraction of sp³-hybridized carbons (Fsp3) is 0.538. The molecule has 0 amide bonds. The van der Waals surface area contributed by atoms with Gasteiger partial charge >= 0.3 is 0 Å². The van der Waals surface area contributed by atoms with E-state index in [1.807, 2.05) is 31.2 Å². The van der Waals surface area contributed by atoms with Gasteiger partial charge in [-0.05, 0) is 25.0 Å². The van der Waals surface area contributed by atoms with Crippen LogP contribution < -0.4 is 10.1 Å². The molecule has 0 aliphatic rings. The van der Waals surface area contributed by atoms with Gasteiger partial charge in [-0.3, -0.25) is 0 Å². The van der Waals surface area contributed by atoms with E-state index in [2.05, 4.69) is 5.32 Å². The van der Waals surface area contributed by atoms with Crippen LogP contribution in [0.4, 0.5) is 0 Å². The number of para-hydroxylation sites is 1. The molecule has 17 heavy (non-hydrogen) atoms. The number of hydrogen-bond donors (Lipinski definition) is 3. The number of rotatable bonds is 7. The van der Waals surface area contributed by atoms with Crippen LogP contribution in [0.15, 0.2) is 24.3 Å². The maximum absolute atomic E-state index is 9.24. The molecule has 0 radical (unpaired) electrons. The molecule has 0 saturated heterocycles. The maximum atomic E-state index is 9.24. The monoisotopic (exact) mass is 239 g/mol. The molecule has 0 bridgehead atoms. The normalized spacial score (nSPS) is 14.4. The molecule has 4 nitrogen and oxygen atoms in total. The van der Waals surface area contributed by atoms with E-state index in [0.717, 1.165) is 17.7 Å². The van der Waals surface area contributed by atoms with E-state index in [1.54, 1.807) is 7.11 Å². The third kappa shape index (κ3) is 4.73. The quantitative estimate of drug-likeness (QED) is 0.651. The number of aliphatic hydroxyl groups is 2. The Morgan fingerprint density at radius 3 is 2.71 bits per heavy atom. The second-order valence-electron chi connectivity index (χ2n) is 4.16. The van der Waals surface area contributed by atoms with E-state index < -0.39 is 6.10 Å². The summed E-state index contributed by atoms with van der Waals surface area (Å²) in [5.74, 6) is 0.879. The van der Waals surface area contributed by atoms with Crippen LogP contribution in [0.3, 0.4) is 0 Å². The number of hydrogen-bond acceptors (Lipinski definition) is 4. The third-order valence-electron chi connectivity index (χ3n) is 2.63. The summed E-state index contributed by atoms with van der Waals surface area (Å²) in [4.78, 5) is 0. The van der Waals surface area contributed by atoms with E-state index in [-0.39, 0.29) is 12.6 Å². The third-order valence-corrected chi connectivity index (χ3v) is 2.63. The van der Waals surface area contributed by atoms with Gasteiger partial charge < -0.3 is 20.3 Å². The molecular formula is C13H21NO3. The van der Waals surface area contributed by atoms with Gasteiger partial charge in [-0.15, -0.1) is 0 Å². The molecule has 0 aliphatic heterocycles. The number of benzene rings is 1. The first-order valence-electron chi connectivity index (χ1n) is 5.81. The highest BCUT2D eigenvalue weighted by Gasteiger charge is 2.09. The Balaban J connectivity index is 2.47. The lowest BCUT2D eigenvalue weighted by Gasteiger charge is -2.17. The molecule has 2 atom stereocenters. The molecule has 0 spiro atoms. The van der Waals surface area contributed by atoms with Crippen molar-refractivity contribution in [3.05, 3.63) is 29.8 Å². The standard InChI is InChI=1S/C13H21NO3/c1-10(14-8-12(16)9-15)7-11-5-3-4-6-13(11)17-2/h3-6,10,12,14-16H,7-9H2,1-2H3. The van der Waals surface area contributed by atoms with Crippen molar-refractivity contribution in [3.63, 3.8) is 0 Å². The predicted molar refractivity (Wildman–Crippen MR) is 67.3 cm³/mol. The van der Waals surface area contributed by atoms with Crippen molar-refractivity contribution in [1.29, 1.82) is 0 Å². The van der Waals surface area contributed by atoms with Crippen LogP contribution in [-0.2, 0) is 6.42 Å². The van der Waals surface area contributed by atoms with Crippen molar-refractivity contribution < 1.29 is 14.9 Å². The second kappa shape index (κ2) is 7.27. The summed E-state index contributed by atoms with van der Waals surface area (Å²) in [6, 6.07) is 8.10. The zero-order valence-electron chi connectivity index (χ0n) is 10.4. The van der Waals surface area contributed by atoms with Crippen LogP contribution in [-0.4, -0.2) is 42.6 Å². The minimum atomic E-state index is -0.699. The smallest absolute Gasteiger partial charge is 0.122 e. The minimum Gasteiger partial charge on any atom is -0.496 e. The predicted octanol–water partition coefficient (Wildman–Crippen LogP) is 0.569. The molecule has 0 heterocycles. The lowest BCUT2D eigenvalue weighted by atomic mass is 10.1. The lowest BCUT2D eigenvalue weighted by Crippen LogP contribution is -2.36. The maximum Gasteiger partial charge on any atom is 0.122 e. The first-order valence-corrected chi connectivity index (χ1v) is 5.81. The number of ether oxygens (including phenoxy) is 1. The van der Waals surface area contributed by atoms with Crippen molar-refractivity contribution >= 4 is 0 Å². The first kappa shape index (κ1) is 14.0. The van der Waals surface area contributed by atoms with Crippen LogP contribution in [0.2, 0.25) is 0 Å². The largest absolute Gasteiger partial charge is 0.496 e. The molecule has 1 rings (SSSR count). The highest BCUT2D eigenvalue weighted by molar-refractivity contribution is 5.33. The van der Waals surface area contributed by atoms with Crippen molar-refractivity contribution in [2.24, 2.45) is 0 Å². The number of aliphatic hydroxyl groups excluding tert-OH is 2. The lowest BCUT2D eigenvalue weighted by molar-refractivity contribution is 0.0923. The van der Waals surface area contributed by atoms with E-state index >= 15 is 0 Å². The average molecular weight is 239 g/mol. The summed E-state index contributed by atoms with van der Waals surface area (Å²) < 4.78 is 5.28. The van der Waals surface area contributed by atoms with Crippen LogP contribution in [0, 0.1) is 0 Å². The van der Waals surface area contributed by atoms with E-state index in [1.165, 1.54) is 0 Å². The Morgan fingerprint density at radius 1 is 1.35 bits per heavy atom. The van der Waals surface area contributed by atoms with Gasteiger partial charge in [-0.2, -0.15) is 0 Å². The summed E-state index contributed by atoms with van der Waals surface area (Å²) in [6.07, 6.45) is 0.123.